The van der Waals surface area contributed by atoms with Gasteiger partial charge >= 0.3 is 59.7 Å². The smallest absolute Gasteiger partial charge is 0.303 e. The van der Waals surface area contributed by atoms with Crippen molar-refractivity contribution >= 4 is 71.5 Å². The maximum atomic E-state index is 13.9. The third-order valence-corrected chi connectivity index (χ3v) is 21.4. The van der Waals surface area contributed by atoms with E-state index in [0.717, 1.165) is 69.2 Å². The van der Waals surface area contributed by atoms with Crippen LogP contribution >= 0.6 is 0 Å². The molecule has 2 amide bonds. The van der Waals surface area contributed by atoms with Gasteiger partial charge in [0.05, 0.1) is 65.1 Å². The van der Waals surface area contributed by atoms with Gasteiger partial charge in [0.15, 0.2) is 98.8 Å². The summed E-state index contributed by atoms with van der Waals surface area (Å²) in [6.45, 7) is 12.4. The lowest BCUT2D eigenvalue weighted by Gasteiger charge is -2.51. The molecule has 42 nitrogen and oxygen atoms in total. The summed E-state index contributed by atoms with van der Waals surface area (Å²) in [6, 6.07) is 32.1. The van der Waals surface area contributed by atoms with E-state index in [4.69, 9.17) is 133 Å². The first kappa shape index (κ1) is 105. The van der Waals surface area contributed by atoms with Crippen LogP contribution in [-0.2, 0) is 217 Å². The minimum Gasteiger partial charge on any atom is -0.456 e. The molecule has 0 radical (unpaired) electrons. The highest BCUT2D eigenvalue weighted by Gasteiger charge is 2.62. The summed E-state index contributed by atoms with van der Waals surface area (Å²) >= 11 is 0. The van der Waals surface area contributed by atoms with Gasteiger partial charge in [-0.25, -0.2) is 0 Å². The predicted octanol–water partition coefficient (Wildman–Crippen LogP) is 4.13. The quantitative estimate of drug-likeness (QED) is 0.0272. The number of hydrogen-bond donors (Lipinski definition) is 2. The largest absolute Gasteiger partial charge is 0.456 e. The van der Waals surface area contributed by atoms with Crippen molar-refractivity contribution in [3.8, 4) is 0 Å². The Hall–Kier alpha value is -10.2. The third kappa shape index (κ3) is 30.4. The first-order valence-electron chi connectivity index (χ1n) is 43.1. The zero-order valence-electron chi connectivity index (χ0n) is 76.6. The molecule has 0 spiro atoms. The van der Waals surface area contributed by atoms with E-state index in [-0.39, 0.29) is 26.4 Å². The standard InChI is InChI=1S/C91H118N2O40/c1-46-70(116-50(5)96)78(120-54(9)100)82(112-39-62-33-25-19-26-34-62)88(114-46)132-76-68(92-48(3)94)86(106-15)126-66(72(76)130-90-84(124-58(13)104)80(122-56(11)102)74(118-52(7)98)64(128-90)41-108-37-60-29-21-17-22-30-60)43-110-45-111-44-67-73(131-91-85(125-59(14)105)81(123-57(12)103)75(119-53(8)99)65(129-91)42-109-38-61-31-23-18-24-32-61)77(69(93-49(4)95)87(107-16)127-67)133-89-83(113-40-63-35-27-20-28-36-63)79(121-55(10)101)71(47(2)115-89)117-51(6)97/h17-36,46-47,64-91H,37-45H2,1-16H3,(H,92,94)(H,93,95)/t46-,47-,64+,65+,66+,67+,68+,69+,70+,71+,72+,73+,74-,75-,76+,77+,78+,79+,80-,81-,82-,83-,84+,85+,86-,87-,88-,89-,90-,91-/m0/s1. The van der Waals surface area contributed by atoms with Crippen LogP contribution in [0, 0.1) is 0 Å². The number of methoxy groups -OCH3 is 2. The highest BCUT2D eigenvalue weighted by Crippen LogP contribution is 2.42. The molecule has 42 heteroatoms. The van der Waals surface area contributed by atoms with E-state index in [1.807, 2.05) is 0 Å². The molecule has 0 aromatic heterocycles. The second-order valence-corrected chi connectivity index (χ2v) is 32.0. The van der Waals surface area contributed by atoms with E-state index in [1.165, 1.54) is 41.9 Å². The fourth-order valence-electron chi connectivity index (χ4n) is 16.3. The number of hydrogen-bond acceptors (Lipinski definition) is 40. The SMILES string of the molecule is CO[C@H]1O[C@H](COCOC[C@H]2O[C@H](OC)[C@H](NC(C)=O)[C@@H](O[C@@H]3O[C@@H](C)[C@@H](OC(C)=O)[C@@H](OC(C)=O)[C@@H]3OCc3ccccc3)[C@@H]2O[C@@H]2O[C@H](COCc3ccccc3)[C@H](OC(C)=O)[C@H](OC(C)=O)[C@H]2OC(C)=O)[C@@H](O[C@@H]2O[C@H](COCc3ccccc3)[C@H](OC(C)=O)[C@H](OC(C)=O)[C@H]2OC(C)=O)[C@H](O[C@@H]2O[C@@H](C)[C@@H](OC(C)=O)[C@@H](OC(C)=O)[C@@H]2OCc2ccccc2)[C@H]1NC(C)=O. The number of amides is 2. The molecule has 4 aromatic carbocycles. The summed E-state index contributed by atoms with van der Waals surface area (Å²) < 4.78 is 179. The molecular formula is C91H118N2O40. The number of benzene rings is 4. The molecule has 0 saturated carbocycles. The summed E-state index contributed by atoms with van der Waals surface area (Å²) in [4.78, 5) is 161. The second-order valence-electron chi connectivity index (χ2n) is 32.0. The fourth-order valence-corrected chi connectivity index (χ4v) is 16.3. The van der Waals surface area contributed by atoms with Gasteiger partial charge in [0.25, 0.3) is 0 Å². The lowest BCUT2D eigenvalue weighted by Crippen LogP contribution is -2.70. The maximum absolute atomic E-state index is 13.9. The Morgan fingerprint density at radius 2 is 0.489 bits per heavy atom. The Bertz CT molecular complexity index is 4170. The fraction of sp³-hybridized carbons (Fsp3) is 0.604. The molecule has 6 aliphatic rings. The van der Waals surface area contributed by atoms with Crippen molar-refractivity contribution in [3.63, 3.8) is 0 Å². The molecule has 732 valence electrons. The number of carbonyl (C=O) groups is 12. The Morgan fingerprint density at radius 3 is 0.774 bits per heavy atom. The first-order chi connectivity index (χ1) is 63.6. The van der Waals surface area contributed by atoms with Crippen LogP contribution < -0.4 is 10.6 Å². The molecule has 30 atom stereocenters. The third-order valence-electron chi connectivity index (χ3n) is 21.4. The predicted molar refractivity (Wildman–Crippen MR) is 447 cm³/mol. The molecule has 0 aliphatic carbocycles. The Balaban J connectivity index is 1.09. The number of rotatable bonds is 42. The minimum absolute atomic E-state index is 0.0516. The Labute approximate surface area is 767 Å². The van der Waals surface area contributed by atoms with E-state index in [9.17, 15) is 57.5 Å². The van der Waals surface area contributed by atoms with Crippen molar-refractivity contribution in [2.24, 2.45) is 0 Å². The molecular weight excluding hydrogens is 1760 g/mol. The molecule has 4 aromatic rings. The van der Waals surface area contributed by atoms with Gasteiger partial charge in [-0.05, 0) is 36.1 Å². The van der Waals surface area contributed by atoms with Crippen LogP contribution in [0.2, 0.25) is 0 Å². The van der Waals surface area contributed by atoms with Crippen molar-refractivity contribution in [2.75, 3.05) is 47.4 Å². The van der Waals surface area contributed by atoms with Gasteiger partial charge in [-0.15, -0.1) is 0 Å². The first-order valence-corrected chi connectivity index (χ1v) is 43.1. The summed E-state index contributed by atoms with van der Waals surface area (Å²) in [7, 11) is 2.46. The highest BCUT2D eigenvalue weighted by molar-refractivity contribution is 5.74. The molecule has 0 unspecified atom stereocenters. The maximum Gasteiger partial charge on any atom is 0.303 e. The van der Waals surface area contributed by atoms with Gasteiger partial charge in [-0.1, -0.05) is 121 Å². The van der Waals surface area contributed by atoms with Crippen molar-refractivity contribution in [1.29, 1.82) is 0 Å². The van der Waals surface area contributed by atoms with E-state index < -0.39 is 289 Å². The van der Waals surface area contributed by atoms with Crippen LogP contribution in [0.5, 0.6) is 0 Å². The van der Waals surface area contributed by atoms with Gasteiger partial charge in [0.2, 0.25) is 11.8 Å². The van der Waals surface area contributed by atoms with Crippen LogP contribution in [0.1, 0.15) is 119 Å². The van der Waals surface area contributed by atoms with Gasteiger partial charge in [-0.3, -0.25) is 57.5 Å². The van der Waals surface area contributed by atoms with E-state index >= 15 is 0 Å². The van der Waals surface area contributed by atoms with Gasteiger partial charge < -0.3 is 143 Å². The lowest BCUT2D eigenvalue weighted by atomic mass is 9.94. The van der Waals surface area contributed by atoms with E-state index in [2.05, 4.69) is 10.6 Å². The molecule has 133 heavy (non-hydrogen) atoms. The van der Waals surface area contributed by atoms with Gasteiger partial charge in [-0.2, -0.15) is 0 Å². The topological polar surface area (TPSA) is 487 Å². The summed E-state index contributed by atoms with van der Waals surface area (Å²) in [5, 5.41) is 5.65. The molecule has 6 fully saturated rings. The van der Waals surface area contributed by atoms with Crippen molar-refractivity contribution < 1.29 is 190 Å². The summed E-state index contributed by atoms with van der Waals surface area (Å²) in [6.07, 6.45) is -46.1. The number of nitrogens with one attached hydrogen (secondary N) is 2. The average Bonchev–Trinajstić information content (AvgIpc) is 0.813. The Kier molecular flexibility index (Phi) is 40.2. The molecule has 6 heterocycles. The normalized spacial score (nSPS) is 32.0. The highest BCUT2D eigenvalue weighted by atomic mass is 16.8. The van der Waals surface area contributed by atoms with Crippen molar-refractivity contribution in [2.45, 2.75) is 307 Å². The molecule has 0 bridgehead atoms. The van der Waals surface area contributed by atoms with Crippen LogP contribution in [0.15, 0.2) is 121 Å². The molecule has 10 rings (SSSR count). The van der Waals surface area contributed by atoms with E-state index in [1.54, 1.807) is 121 Å². The van der Waals surface area contributed by atoms with Crippen LogP contribution in [-0.4, -0.2) is 303 Å². The lowest BCUT2D eigenvalue weighted by molar-refractivity contribution is -0.378. The number of ether oxygens (including phenoxy) is 28. The number of carbonyl (C=O) groups excluding carboxylic acids is 12. The van der Waals surface area contributed by atoms with Gasteiger partial charge in [0.1, 0.15) is 79.9 Å². The minimum atomic E-state index is -2.00. The zero-order chi connectivity index (χ0) is 96.3. The van der Waals surface area contributed by atoms with Crippen molar-refractivity contribution in [3.05, 3.63) is 144 Å². The monoisotopic (exact) mass is 1880 g/mol. The number of esters is 10. The molecule has 6 saturated heterocycles. The zero-order valence-corrected chi connectivity index (χ0v) is 76.6. The van der Waals surface area contributed by atoms with Crippen LogP contribution in [0.3, 0.4) is 0 Å². The average molecular weight is 1880 g/mol. The molecule has 2 N–H and O–H groups in total. The van der Waals surface area contributed by atoms with E-state index in [0.29, 0.717) is 22.3 Å². The van der Waals surface area contributed by atoms with Crippen LogP contribution in [0.25, 0.3) is 0 Å². The summed E-state index contributed by atoms with van der Waals surface area (Å²) in [5.74, 6) is -10.5. The van der Waals surface area contributed by atoms with Crippen LogP contribution in [0.4, 0.5) is 0 Å². The van der Waals surface area contributed by atoms with Gasteiger partial charge in [0, 0.05) is 97.3 Å². The molecule has 6 aliphatic heterocycles. The van der Waals surface area contributed by atoms with Crippen molar-refractivity contribution in [1.82, 2.24) is 10.6 Å². The second kappa shape index (κ2) is 50.9. The Morgan fingerprint density at radius 1 is 0.256 bits per heavy atom. The summed E-state index contributed by atoms with van der Waals surface area (Å²) in [5.41, 5.74) is 2.57.